The molecule has 6 nitrogen and oxygen atoms in total. The largest absolute Gasteiger partial charge is 0.385 e. The fraction of sp³-hybridized carbons (Fsp3) is 0.318. The number of hydrogen-bond donors (Lipinski definition) is 1. The minimum atomic E-state index is -0.338. The Morgan fingerprint density at radius 1 is 1.19 bits per heavy atom. The number of methoxy groups -OCH3 is 1. The molecule has 0 radical (unpaired) electrons. The SMILES string of the molecule is COCCCNC(=O)C(C)Sc1nnc(-c2ccc(Cl)cc2Cl)n1Cc1ccccc1. The van der Waals surface area contributed by atoms with Crippen LogP contribution in [0.4, 0.5) is 0 Å². The summed E-state index contributed by atoms with van der Waals surface area (Å²) in [7, 11) is 1.64. The van der Waals surface area contributed by atoms with E-state index in [9.17, 15) is 4.79 Å². The van der Waals surface area contributed by atoms with Crippen molar-refractivity contribution >= 4 is 40.9 Å². The van der Waals surface area contributed by atoms with Crippen LogP contribution in [0, 0.1) is 0 Å². The number of nitrogens with zero attached hydrogens (tertiary/aromatic N) is 3. The van der Waals surface area contributed by atoms with Gasteiger partial charge in [0.15, 0.2) is 11.0 Å². The van der Waals surface area contributed by atoms with Gasteiger partial charge in [0.2, 0.25) is 5.91 Å². The highest BCUT2D eigenvalue weighted by Gasteiger charge is 2.22. The number of halogens is 2. The predicted octanol–water partition coefficient (Wildman–Crippen LogP) is 4.93. The predicted molar refractivity (Wildman–Crippen MR) is 126 cm³/mol. The van der Waals surface area contributed by atoms with Crippen molar-refractivity contribution in [3.05, 3.63) is 64.1 Å². The Labute approximate surface area is 196 Å². The zero-order chi connectivity index (χ0) is 22.2. The fourth-order valence-corrected chi connectivity index (χ4v) is 4.30. The van der Waals surface area contributed by atoms with Gasteiger partial charge in [0.1, 0.15) is 0 Å². The van der Waals surface area contributed by atoms with Crippen molar-refractivity contribution in [1.82, 2.24) is 20.1 Å². The quantitative estimate of drug-likeness (QED) is 0.330. The maximum atomic E-state index is 12.5. The first-order valence-corrected chi connectivity index (χ1v) is 11.5. The molecule has 9 heteroatoms. The normalized spacial score (nSPS) is 12.0. The van der Waals surface area contributed by atoms with Gasteiger partial charge in [0, 0.05) is 30.8 Å². The number of rotatable bonds is 10. The number of nitrogens with one attached hydrogen (secondary N) is 1. The number of carbonyl (C=O) groups is 1. The number of hydrogen-bond acceptors (Lipinski definition) is 5. The number of thioether (sulfide) groups is 1. The van der Waals surface area contributed by atoms with Crippen LogP contribution in [-0.2, 0) is 16.1 Å². The molecule has 0 saturated carbocycles. The topological polar surface area (TPSA) is 69.0 Å². The molecule has 31 heavy (non-hydrogen) atoms. The van der Waals surface area contributed by atoms with Gasteiger partial charge >= 0.3 is 0 Å². The van der Waals surface area contributed by atoms with Gasteiger partial charge in [-0.05, 0) is 37.1 Å². The van der Waals surface area contributed by atoms with Crippen LogP contribution in [0.15, 0.2) is 53.7 Å². The average molecular weight is 479 g/mol. The summed E-state index contributed by atoms with van der Waals surface area (Å²) in [4.78, 5) is 12.5. The van der Waals surface area contributed by atoms with Crippen molar-refractivity contribution in [2.45, 2.75) is 30.3 Å². The first kappa shape index (κ1) is 23.6. The van der Waals surface area contributed by atoms with Crippen LogP contribution >= 0.6 is 35.0 Å². The van der Waals surface area contributed by atoms with E-state index in [1.165, 1.54) is 11.8 Å². The van der Waals surface area contributed by atoms with Gasteiger partial charge in [-0.1, -0.05) is 65.3 Å². The Balaban J connectivity index is 1.86. The van der Waals surface area contributed by atoms with Crippen molar-refractivity contribution in [3.8, 4) is 11.4 Å². The molecular formula is C22H24Cl2N4O2S. The van der Waals surface area contributed by atoms with E-state index in [4.69, 9.17) is 27.9 Å². The molecule has 2 aromatic carbocycles. The summed E-state index contributed by atoms with van der Waals surface area (Å²) in [6.45, 7) is 3.58. The minimum Gasteiger partial charge on any atom is -0.385 e. The van der Waals surface area contributed by atoms with Crippen LogP contribution < -0.4 is 5.32 Å². The lowest BCUT2D eigenvalue weighted by Crippen LogP contribution is -2.32. The third-order valence-corrected chi connectivity index (χ3v) is 6.18. The molecule has 1 heterocycles. The Hall–Kier alpha value is -2.06. The lowest BCUT2D eigenvalue weighted by molar-refractivity contribution is -0.120. The lowest BCUT2D eigenvalue weighted by atomic mass is 10.2. The Kier molecular flexibility index (Phi) is 8.78. The van der Waals surface area contributed by atoms with E-state index in [1.54, 1.807) is 19.2 Å². The van der Waals surface area contributed by atoms with Crippen molar-refractivity contribution in [2.75, 3.05) is 20.3 Å². The van der Waals surface area contributed by atoms with Gasteiger partial charge < -0.3 is 10.1 Å². The van der Waals surface area contributed by atoms with E-state index < -0.39 is 0 Å². The van der Waals surface area contributed by atoms with Crippen molar-refractivity contribution < 1.29 is 9.53 Å². The second kappa shape index (κ2) is 11.5. The van der Waals surface area contributed by atoms with Gasteiger partial charge in [0.05, 0.1) is 16.8 Å². The van der Waals surface area contributed by atoms with Crippen molar-refractivity contribution in [1.29, 1.82) is 0 Å². The fourth-order valence-electron chi connectivity index (χ4n) is 2.94. The minimum absolute atomic E-state index is 0.0542. The number of carbonyl (C=O) groups excluding carboxylic acids is 1. The first-order chi connectivity index (χ1) is 15.0. The second-order valence-corrected chi connectivity index (χ2v) is 9.05. The molecule has 1 atom stereocenters. The smallest absolute Gasteiger partial charge is 0.233 e. The van der Waals surface area contributed by atoms with Crippen LogP contribution in [-0.4, -0.2) is 46.2 Å². The molecule has 0 bridgehead atoms. The number of aromatic nitrogens is 3. The maximum absolute atomic E-state index is 12.5. The molecule has 1 aromatic heterocycles. The molecule has 0 aliphatic heterocycles. The summed E-state index contributed by atoms with van der Waals surface area (Å²) >= 11 is 13.9. The third-order valence-electron chi connectivity index (χ3n) is 4.55. The molecular weight excluding hydrogens is 455 g/mol. The summed E-state index contributed by atoms with van der Waals surface area (Å²) in [5.74, 6) is 0.571. The number of amides is 1. The van der Waals surface area contributed by atoms with E-state index in [0.717, 1.165) is 17.5 Å². The van der Waals surface area contributed by atoms with Gasteiger partial charge in [-0.25, -0.2) is 0 Å². The zero-order valence-electron chi connectivity index (χ0n) is 17.3. The summed E-state index contributed by atoms with van der Waals surface area (Å²) in [5.41, 5.74) is 1.82. The Morgan fingerprint density at radius 3 is 2.68 bits per heavy atom. The standard InChI is InChI=1S/C22H24Cl2N4O2S/c1-15(21(29)25-11-6-12-30-2)31-22-27-26-20(18-10-9-17(23)13-19(18)24)28(22)14-16-7-4-3-5-8-16/h3-5,7-10,13,15H,6,11-12,14H2,1-2H3,(H,25,29). The number of benzene rings is 2. The molecule has 0 aliphatic carbocycles. The summed E-state index contributed by atoms with van der Waals surface area (Å²) in [6, 6.07) is 15.3. The second-order valence-electron chi connectivity index (χ2n) is 6.90. The third kappa shape index (κ3) is 6.46. The molecule has 0 aliphatic rings. The van der Waals surface area contributed by atoms with Crippen LogP contribution in [0.25, 0.3) is 11.4 Å². The molecule has 3 aromatic rings. The van der Waals surface area contributed by atoms with Crippen molar-refractivity contribution in [2.24, 2.45) is 0 Å². The van der Waals surface area contributed by atoms with Crippen LogP contribution in [0.3, 0.4) is 0 Å². The molecule has 1 N–H and O–H groups in total. The van der Waals surface area contributed by atoms with Crippen molar-refractivity contribution in [3.63, 3.8) is 0 Å². The van der Waals surface area contributed by atoms with Gasteiger partial charge in [-0.3, -0.25) is 9.36 Å². The van der Waals surface area contributed by atoms with Crippen LogP contribution in [0.5, 0.6) is 0 Å². The first-order valence-electron chi connectivity index (χ1n) is 9.85. The van der Waals surface area contributed by atoms with Crippen LogP contribution in [0.1, 0.15) is 18.9 Å². The highest BCUT2D eigenvalue weighted by molar-refractivity contribution is 8.00. The zero-order valence-corrected chi connectivity index (χ0v) is 19.7. The molecule has 1 amide bonds. The number of ether oxygens (including phenoxy) is 1. The molecule has 0 spiro atoms. The average Bonchev–Trinajstić information content (AvgIpc) is 3.13. The Bertz CT molecular complexity index is 1010. The van der Waals surface area contributed by atoms with E-state index in [2.05, 4.69) is 15.5 Å². The van der Waals surface area contributed by atoms with E-state index in [0.29, 0.717) is 40.7 Å². The van der Waals surface area contributed by atoms with E-state index in [-0.39, 0.29) is 11.2 Å². The molecule has 0 saturated heterocycles. The van der Waals surface area contributed by atoms with E-state index >= 15 is 0 Å². The molecule has 3 rings (SSSR count). The lowest BCUT2D eigenvalue weighted by Gasteiger charge is -2.14. The molecule has 0 fully saturated rings. The summed E-state index contributed by atoms with van der Waals surface area (Å²) < 4.78 is 6.99. The van der Waals surface area contributed by atoms with Gasteiger partial charge in [0.25, 0.3) is 0 Å². The maximum Gasteiger partial charge on any atom is 0.233 e. The Morgan fingerprint density at radius 2 is 1.97 bits per heavy atom. The summed E-state index contributed by atoms with van der Waals surface area (Å²) in [5, 5.41) is 13.0. The summed E-state index contributed by atoms with van der Waals surface area (Å²) in [6.07, 6.45) is 0.767. The van der Waals surface area contributed by atoms with Gasteiger partial charge in [-0.2, -0.15) is 0 Å². The highest BCUT2D eigenvalue weighted by atomic mass is 35.5. The highest BCUT2D eigenvalue weighted by Crippen LogP contribution is 2.33. The van der Waals surface area contributed by atoms with Crippen LogP contribution in [0.2, 0.25) is 10.0 Å². The van der Waals surface area contributed by atoms with Gasteiger partial charge in [-0.15, -0.1) is 10.2 Å². The molecule has 1 unspecified atom stereocenters. The molecule has 164 valence electrons. The monoisotopic (exact) mass is 478 g/mol. The van der Waals surface area contributed by atoms with E-state index in [1.807, 2.05) is 47.9 Å².